The number of hydrazine groups is 1. The molecule has 2 N–H and O–H groups in total. The maximum absolute atomic E-state index is 11.3. The molecule has 0 saturated carbocycles. The number of hydrogen-bond acceptors (Lipinski definition) is 5. The lowest BCUT2D eigenvalue weighted by Crippen LogP contribution is -2.46. The zero-order valence-electron chi connectivity index (χ0n) is 11.6. The summed E-state index contributed by atoms with van der Waals surface area (Å²) in [5, 5.41) is 4.88. The number of rotatable bonds is 5. The molecule has 1 aliphatic heterocycles. The van der Waals surface area contributed by atoms with Crippen LogP contribution >= 0.6 is 0 Å². The SMILES string of the molecule is CC(C)(C)OC(=O)NCCCNN1CCOCC1. The molecule has 0 unspecified atom stereocenters. The van der Waals surface area contributed by atoms with E-state index in [2.05, 4.69) is 15.8 Å². The minimum atomic E-state index is -0.434. The van der Waals surface area contributed by atoms with E-state index in [-0.39, 0.29) is 6.09 Å². The lowest BCUT2D eigenvalue weighted by atomic mass is 10.2. The van der Waals surface area contributed by atoms with Crippen molar-refractivity contribution in [3.63, 3.8) is 0 Å². The van der Waals surface area contributed by atoms with E-state index in [1.165, 1.54) is 0 Å². The van der Waals surface area contributed by atoms with Crippen LogP contribution in [0.3, 0.4) is 0 Å². The third-order valence-electron chi connectivity index (χ3n) is 2.37. The summed E-state index contributed by atoms with van der Waals surface area (Å²) in [6, 6.07) is 0. The maximum Gasteiger partial charge on any atom is 0.407 e. The number of carbonyl (C=O) groups is 1. The van der Waals surface area contributed by atoms with E-state index in [1.54, 1.807) is 0 Å². The van der Waals surface area contributed by atoms with Crippen molar-refractivity contribution in [3.05, 3.63) is 0 Å². The average molecular weight is 259 g/mol. The van der Waals surface area contributed by atoms with Gasteiger partial charge in [-0.3, -0.25) is 5.43 Å². The van der Waals surface area contributed by atoms with Gasteiger partial charge in [0.15, 0.2) is 0 Å². The molecule has 0 radical (unpaired) electrons. The first-order valence-corrected chi connectivity index (χ1v) is 6.50. The summed E-state index contributed by atoms with van der Waals surface area (Å²) in [4.78, 5) is 11.3. The van der Waals surface area contributed by atoms with Gasteiger partial charge in [-0.1, -0.05) is 0 Å². The van der Waals surface area contributed by atoms with Gasteiger partial charge in [-0.05, 0) is 27.2 Å². The van der Waals surface area contributed by atoms with E-state index in [4.69, 9.17) is 9.47 Å². The minimum absolute atomic E-state index is 0.353. The lowest BCUT2D eigenvalue weighted by molar-refractivity contribution is 0.0119. The third-order valence-corrected chi connectivity index (χ3v) is 2.37. The van der Waals surface area contributed by atoms with Gasteiger partial charge in [0.25, 0.3) is 0 Å². The van der Waals surface area contributed by atoms with Crippen molar-refractivity contribution in [2.75, 3.05) is 39.4 Å². The van der Waals surface area contributed by atoms with Gasteiger partial charge in [-0.15, -0.1) is 0 Å². The summed E-state index contributed by atoms with van der Waals surface area (Å²) < 4.78 is 10.4. The van der Waals surface area contributed by atoms with Crippen molar-refractivity contribution in [2.45, 2.75) is 32.8 Å². The van der Waals surface area contributed by atoms with Crippen molar-refractivity contribution in [2.24, 2.45) is 0 Å². The van der Waals surface area contributed by atoms with Crippen molar-refractivity contribution in [3.8, 4) is 0 Å². The smallest absolute Gasteiger partial charge is 0.407 e. The molecule has 1 heterocycles. The van der Waals surface area contributed by atoms with E-state index in [0.717, 1.165) is 39.3 Å². The Morgan fingerprint density at radius 1 is 1.28 bits per heavy atom. The molecule has 0 atom stereocenters. The van der Waals surface area contributed by atoms with Gasteiger partial charge in [0, 0.05) is 26.2 Å². The summed E-state index contributed by atoms with van der Waals surface area (Å²) in [5.41, 5.74) is 2.87. The first kappa shape index (κ1) is 15.2. The molecule has 1 aliphatic rings. The first-order valence-electron chi connectivity index (χ1n) is 6.50. The van der Waals surface area contributed by atoms with Crippen LogP contribution in [-0.4, -0.2) is 56.1 Å². The van der Waals surface area contributed by atoms with Crippen LogP contribution in [0.4, 0.5) is 4.79 Å². The Hall–Kier alpha value is -0.850. The molecule has 6 nitrogen and oxygen atoms in total. The van der Waals surface area contributed by atoms with Crippen LogP contribution in [0, 0.1) is 0 Å². The predicted molar refractivity (Wildman–Crippen MR) is 69.2 cm³/mol. The zero-order valence-corrected chi connectivity index (χ0v) is 11.6. The van der Waals surface area contributed by atoms with Crippen molar-refractivity contribution >= 4 is 6.09 Å². The summed E-state index contributed by atoms with van der Waals surface area (Å²) in [6.45, 7) is 10.4. The molecule has 0 aliphatic carbocycles. The fourth-order valence-corrected chi connectivity index (χ4v) is 1.55. The van der Waals surface area contributed by atoms with Crippen LogP contribution in [0.15, 0.2) is 0 Å². The van der Waals surface area contributed by atoms with Gasteiger partial charge in [0.2, 0.25) is 0 Å². The molecule has 1 fully saturated rings. The molecule has 1 saturated heterocycles. The normalized spacial score (nSPS) is 17.5. The number of amides is 1. The largest absolute Gasteiger partial charge is 0.444 e. The molecule has 1 amide bonds. The molecule has 18 heavy (non-hydrogen) atoms. The number of carbonyl (C=O) groups excluding carboxylic acids is 1. The molecule has 0 bridgehead atoms. The Bertz CT molecular complexity index is 247. The quantitative estimate of drug-likeness (QED) is 0.713. The van der Waals surface area contributed by atoms with Crippen molar-refractivity contribution < 1.29 is 14.3 Å². The number of nitrogens with zero attached hydrogens (tertiary/aromatic N) is 1. The Morgan fingerprint density at radius 2 is 1.94 bits per heavy atom. The fourth-order valence-electron chi connectivity index (χ4n) is 1.55. The van der Waals surface area contributed by atoms with E-state index in [0.29, 0.717) is 6.54 Å². The summed E-state index contributed by atoms with van der Waals surface area (Å²) >= 11 is 0. The second-order valence-corrected chi connectivity index (χ2v) is 5.29. The number of nitrogens with one attached hydrogen (secondary N) is 2. The summed E-state index contributed by atoms with van der Waals surface area (Å²) in [7, 11) is 0. The molecule has 0 aromatic rings. The second-order valence-electron chi connectivity index (χ2n) is 5.29. The van der Waals surface area contributed by atoms with Gasteiger partial charge in [-0.2, -0.15) is 0 Å². The lowest BCUT2D eigenvalue weighted by Gasteiger charge is -2.27. The number of morpholine rings is 1. The van der Waals surface area contributed by atoms with Crippen LogP contribution < -0.4 is 10.7 Å². The standard InChI is InChI=1S/C12H25N3O3/c1-12(2,3)18-11(16)13-5-4-6-14-15-7-9-17-10-8-15/h14H,4-10H2,1-3H3,(H,13,16). The molecule has 6 heteroatoms. The number of ether oxygens (including phenoxy) is 2. The summed E-state index contributed by atoms with van der Waals surface area (Å²) in [6.07, 6.45) is 0.519. The molecule has 0 aromatic heterocycles. The van der Waals surface area contributed by atoms with E-state index in [9.17, 15) is 4.79 Å². The highest BCUT2D eigenvalue weighted by Crippen LogP contribution is 2.06. The monoisotopic (exact) mass is 259 g/mol. The molecular formula is C12H25N3O3. The first-order chi connectivity index (χ1) is 8.47. The topological polar surface area (TPSA) is 62.8 Å². The van der Waals surface area contributed by atoms with Crippen LogP contribution in [-0.2, 0) is 9.47 Å². The van der Waals surface area contributed by atoms with Gasteiger partial charge in [0.1, 0.15) is 5.60 Å². The fraction of sp³-hybridized carbons (Fsp3) is 0.917. The predicted octanol–water partition coefficient (Wildman–Crippen LogP) is 0.738. The van der Waals surface area contributed by atoms with Gasteiger partial charge < -0.3 is 14.8 Å². The van der Waals surface area contributed by atoms with Gasteiger partial charge in [0.05, 0.1) is 13.2 Å². The highest BCUT2D eigenvalue weighted by molar-refractivity contribution is 5.67. The molecule has 0 aromatic carbocycles. The molecule has 0 spiro atoms. The maximum atomic E-state index is 11.3. The molecular weight excluding hydrogens is 234 g/mol. The van der Waals surface area contributed by atoms with Crippen molar-refractivity contribution in [1.82, 2.24) is 15.8 Å². The van der Waals surface area contributed by atoms with Crippen LogP contribution in [0.5, 0.6) is 0 Å². The average Bonchev–Trinajstić information content (AvgIpc) is 2.27. The number of hydrogen-bond donors (Lipinski definition) is 2. The van der Waals surface area contributed by atoms with Crippen LogP contribution in [0.1, 0.15) is 27.2 Å². The third kappa shape index (κ3) is 7.47. The highest BCUT2D eigenvalue weighted by atomic mass is 16.6. The van der Waals surface area contributed by atoms with E-state index in [1.807, 2.05) is 20.8 Å². The molecule has 106 valence electrons. The van der Waals surface area contributed by atoms with Crippen molar-refractivity contribution in [1.29, 1.82) is 0 Å². The Morgan fingerprint density at radius 3 is 2.56 bits per heavy atom. The van der Waals surface area contributed by atoms with Gasteiger partial charge >= 0.3 is 6.09 Å². The second kappa shape index (κ2) is 7.56. The highest BCUT2D eigenvalue weighted by Gasteiger charge is 2.15. The van der Waals surface area contributed by atoms with Crippen LogP contribution in [0.2, 0.25) is 0 Å². The zero-order chi connectivity index (χ0) is 13.4. The van der Waals surface area contributed by atoms with Crippen LogP contribution in [0.25, 0.3) is 0 Å². The Labute approximate surface area is 109 Å². The Balaban J connectivity index is 1.96. The van der Waals surface area contributed by atoms with Gasteiger partial charge in [-0.25, -0.2) is 9.80 Å². The Kier molecular flexibility index (Phi) is 6.38. The van der Waals surface area contributed by atoms with E-state index < -0.39 is 5.60 Å². The minimum Gasteiger partial charge on any atom is -0.444 e. The summed E-state index contributed by atoms with van der Waals surface area (Å²) in [5.74, 6) is 0. The number of alkyl carbamates (subject to hydrolysis) is 1. The molecule has 1 rings (SSSR count). The van der Waals surface area contributed by atoms with E-state index >= 15 is 0 Å².